The van der Waals surface area contributed by atoms with Crippen molar-refractivity contribution in [3.05, 3.63) is 0 Å². The second-order valence-corrected chi connectivity index (χ2v) is 7.35. The molecule has 1 saturated carbocycles. The Kier molecular flexibility index (Phi) is 5.25. The minimum Gasteiger partial charge on any atom is -0.444 e. The molecule has 0 bridgehead atoms. The zero-order chi connectivity index (χ0) is 14.7. The molecule has 19 heavy (non-hydrogen) atoms. The maximum atomic E-state index is 11.7. The predicted molar refractivity (Wildman–Crippen MR) is 76.3 cm³/mol. The maximum Gasteiger partial charge on any atom is 0.407 e. The van der Waals surface area contributed by atoms with E-state index in [1.54, 1.807) is 0 Å². The first-order valence-electron chi connectivity index (χ1n) is 7.22. The molecule has 0 atom stereocenters. The van der Waals surface area contributed by atoms with Gasteiger partial charge < -0.3 is 14.8 Å². The molecule has 1 amide bonds. The minimum absolute atomic E-state index is 0.0872. The van der Waals surface area contributed by atoms with Crippen LogP contribution in [-0.4, -0.2) is 29.4 Å². The molecule has 0 aromatic heterocycles. The molecule has 0 aliphatic heterocycles. The van der Waals surface area contributed by atoms with Gasteiger partial charge in [-0.25, -0.2) is 4.79 Å². The standard InChI is InChI=1S/C15H29NO3/c1-14(2,3)18-12-9-7-11(8-10-12)16-13(17)19-15(4,5)6/h11-12H,7-10H2,1-6H3,(H,16,17). The zero-order valence-electron chi connectivity index (χ0n) is 13.2. The molecule has 0 unspecified atom stereocenters. The summed E-state index contributed by atoms with van der Waals surface area (Å²) in [4.78, 5) is 11.7. The Morgan fingerprint density at radius 2 is 1.47 bits per heavy atom. The van der Waals surface area contributed by atoms with Gasteiger partial charge in [0, 0.05) is 6.04 Å². The molecule has 0 heterocycles. The fraction of sp³-hybridized carbons (Fsp3) is 0.933. The smallest absolute Gasteiger partial charge is 0.407 e. The highest BCUT2D eigenvalue weighted by Gasteiger charge is 2.27. The molecule has 1 fully saturated rings. The summed E-state index contributed by atoms with van der Waals surface area (Å²) >= 11 is 0. The lowest BCUT2D eigenvalue weighted by Gasteiger charge is -2.34. The molecule has 4 heteroatoms. The largest absolute Gasteiger partial charge is 0.444 e. The summed E-state index contributed by atoms with van der Waals surface area (Å²) < 4.78 is 11.2. The Balaban J connectivity index is 2.29. The molecular weight excluding hydrogens is 242 g/mol. The van der Waals surface area contributed by atoms with Crippen molar-refractivity contribution < 1.29 is 14.3 Å². The number of hydrogen-bond acceptors (Lipinski definition) is 3. The SMILES string of the molecule is CC(C)(C)OC(=O)NC1CCC(OC(C)(C)C)CC1. The first-order valence-corrected chi connectivity index (χ1v) is 7.22. The van der Waals surface area contributed by atoms with Crippen LogP contribution in [-0.2, 0) is 9.47 Å². The molecule has 0 radical (unpaired) electrons. The summed E-state index contributed by atoms with van der Waals surface area (Å²) in [5.74, 6) is 0. The van der Waals surface area contributed by atoms with Crippen molar-refractivity contribution in [2.75, 3.05) is 0 Å². The van der Waals surface area contributed by atoms with Gasteiger partial charge in [-0.05, 0) is 67.2 Å². The van der Waals surface area contributed by atoms with Crippen molar-refractivity contribution in [3.63, 3.8) is 0 Å². The summed E-state index contributed by atoms with van der Waals surface area (Å²) in [5, 5.41) is 2.94. The molecule has 1 N–H and O–H groups in total. The van der Waals surface area contributed by atoms with E-state index in [1.165, 1.54) is 0 Å². The van der Waals surface area contributed by atoms with E-state index in [1.807, 2.05) is 20.8 Å². The fourth-order valence-electron chi connectivity index (χ4n) is 2.30. The average molecular weight is 271 g/mol. The fourth-order valence-corrected chi connectivity index (χ4v) is 2.30. The normalized spacial score (nSPS) is 24.9. The van der Waals surface area contributed by atoms with Gasteiger partial charge in [0.25, 0.3) is 0 Å². The average Bonchev–Trinajstić information content (AvgIpc) is 2.15. The van der Waals surface area contributed by atoms with Gasteiger partial charge in [-0.15, -0.1) is 0 Å². The summed E-state index contributed by atoms with van der Waals surface area (Å²) in [7, 11) is 0. The Bertz CT molecular complexity index is 293. The zero-order valence-corrected chi connectivity index (χ0v) is 13.2. The van der Waals surface area contributed by atoms with Crippen LogP contribution in [0.2, 0.25) is 0 Å². The third-order valence-corrected chi connectivity index (χ3v) is 2.92. The van der Waals surface area contributed by atoms with Crippen LogP contribution in [0.25, 0.3) is 0 Å². The molecule has 0 spiro atoms. The third kappa shape index (κ3) is 7.41. The topological polar surface area (TPSA) is 47.6 Å². The number of ether oxygens (including phenoxy) is 2. The molecule has 1 aliphatic rings. The minimum atomic E-state index is -0.434. The first kappa shape index (κ1) is 16.3. The Morgan fingerprint density at radius 3 is 1.89 bits per heavy atom. The highest BCUT2D eigenvalue weighted by molar-refractivity contribution is 5.68. The second kappa shape index (κ2) is 6.12. The van der Waals surface area contributed by atoms with E-state index < -0.39 is 5.60 Å². The van der Waals surface area contributed by atoms with Crippen molar-refractivity contribution >= 4 is 6.09 Å². The van der Waals surface area contributed by atoms with Crippen molar-refractivity contribution in [3.8, 4) is 0 Å². The van der Waals surface area contributed by atoms with Gasteiger partial charge in [-0.1, -0.05) is 0 Å². The Hall–Kier alpha value is -0.770. The molecule has 0 aromatic carbocycles. The number of alkyl carbamates (subject to hydrolysis) is 1. The van der Waals surface area contributed by atoms with E-state index in [9.17, 15) is 4.79 Å². The molecule has 4 nitrogen and oxygen atoms in total. The molecule has 112 valence electrons. The van der Waals surface area contributed by atoms with Gasteiger partial charge >= 0.3 is 6.09 Å². The quantitative estimate of drug-likeness (QED) is 0.834. The van der Waals surface area contributed by atoms with Crippen LogP contribution in [0.1, 0.15) is 67.2 Å². The number of carbonyl (C=O) groups is 1. The van der Waals surface area contributed by atoms with E-state index in [2.05, 4.69) is 26.1 Å². The van der Waals surface area contributed by atoms with E-state index in [0.29, 0.717) is 6.10 Å². The number of rotatable bonds is 2. The lowest BCUT2D eigenvalue weighted by Crippen LogP contribution is -2.42. The van der Waals surface area contributed by atoms with Crippen LogP contribution >= 0.6 is 0 Å². The Labute approximate surface area is 117 Å². The molecule has 1 rings (SSSR count). The van der Waals surface area contributed by atoms with Gasteiger partial charge in [0.2, 0.25) is 0 Å². The van der Waals surface area contributed by atoms with Crippen molar-refractivity contribution in [2.45, 2.75) is 90.6 Å². The number of hydrogen-bond donors (Lipinski definition) is 1. The van der Waals surface area contributed by atoms with E-state index in [0.717, 1.165) is 25.7 Å². The van der Waals surface area contributed by atoms with E-state index in [-0.39, 0.29) is 17.7 Å². The number of nitrogens with one attached hydrogen (secondary N) is 1. The van der Waals surface area contributed by atoms with Gasteiger partial charge in [-0.2, -0.15) is 0 Å². The molecular formula is C15H29NO3. The second-order valence-electron chi connectivity index (χ2n) is 7.35. The van der Waals surface area contributed by atoms with Crippen LogP contribution in [0.3, 0.4) is 0 Å². The highest BCUT2D eigenvalue weighted by atomic mass is 16.6. The summed E-state index contributed by atoms with van der Waals surface area (Å²) in [6.07, 6.45) is 3.92. The van der Waals surface area contributed by atoms with Crippen LogP contribution in [0.5, 0.6) is 0 Å². The Morgan fingerprint density at radius 1 is 0.947 bits per heavy atom. The molecule has 0 saturated heterocycles. The maximum absolute atomic E-state index is 11.7. The summed E-state index contributed by atoms with van der Waals surface area (Å²) in [6.45, 7) is 11.9. The van der Waals surface area contributed by atoms with Gasteiger partial charge in [-0.3, -0.25) is 0 Å². The monoisotopic (exact) mass is 271 g/mol. The van der Waals surface area contributed by atoms with Gasteiger partial charge in [0.1, 0.15) is 5.60 Å². The van der Waals surface area contributed by atoms with Crippen LogP contribution in [0, 0.1) is 0 Å². The van der Waals surface area contributed by atoms with Crippen LogP contribution in [0.4, 0.5) is 4.79 Å². The molecule has 1 aliphatic carbocycles. The van der Waals surface area contributed by atoms with Crippen molar-refractivity contribution in [1.82, 2.24) is 5.32 Å². The van der Waals surface area contributed by atoms with E-state index >= 15 is 0 Å². The summed E-state index contributed by atoms with van der Waals surface area (Å²) in [5.41, 5.74) is -0.521. The highest BCUT2D eigenvalue weighted by Crippen LogP contribution is 2.25. The lowest BCUT2D eigenvalue weighted by atomic mass is 9.92. The first-order chi connectivity index (χ1) is 8.55. The molecule has 0 aromatic rings. The van der Waals surface area contributed by atoms with Gasteiger partial charge in [0.15, 0.2) is 0 Å². The van der Waals surface area contributed by atoms with E-state index in [4.69, 9.17) is 9.47 Å². The van der Waals surface area contributed by atoms with Crippen molar-refractivity contribution in [2.24, 2.45) is 0 Å². The van der Waals surface area contributed by atoms with Crippen LogP contribution in [0.15, 0.2) is 0 Å². The van der Waals surface area contributed by atoms with Crippen LogP contribution < -0.4 is 5.32 Å². The van der Waals surface area contributed by atoms with Gasteiger partial charge in [0.05, 0.1) is 11.7 Å². The number of amides is 1. The predicted octanol–water partition coefficient (Wildman–Crippen LogP) is 3.64. The third-order valence-electron chi connectivity index (χ3n) is 2.92. The number of carbonyl (C=O) groups excluding carboxylic acids is 1. The lowest BCUT2D eigenvalue weighted by molar-refractivity contribution is -0.0761. The van der Waals surface area contributed by atoms with Crippen molar-refractivity contribution in [1.29, 1.82) is 0 Å². The summed E-state index contributed by atoms with van der Waals surface area (Å²) in [6, 6.07) is 0.217.